The van der Waals surface area contributed by atoms with Gasteiger partial charge in [-0.1, -0.05) is 35.9 Å². The van der Waals surface area contributed by atoms with Crippen molar-refractivity contribution in [2.24, 2.45) is 5.92 Å². The number of hydrogen-bond donors (Lipinski definition) is 0. The molecular weight excluding hydrogens is 254 g/mol. The minimum absolute atomic E-state index is 0.785. The topological polar surface area (TPSA) is 3.24 Å². The summed E-state index contributed by atoms with van der Waals surface area (Å²) in [4.78, 5) is 2.71. The van der Waals surface area contributed by atoms with Gasteiger partial charge in [0.2, 0.25) is 0 Å². The second kappa shape index (κ2) is 6.79. The lowest BCUT2D eigenvalue weighted by Crippen LogP contribution is -2.36. The Labute approximate surface area is 130 Å². The summed E-state index contributed by atoms with van der Waals surface area (Å²) in [6, 6.07) is 6.96. The van der Waals surface area contributed by atoms with Crippen LogP contribution >= 0.6 is 0 Å². The number of allylic oxidation sites excluding steroid dienone is 2. The highest BCUT2D eigenvalue weighted by Crippen LogP contribution is 2.31. The summed E-state index contributed by atoms with van der Waals surface area (Å²) >= 11 is 0. The van der Waals surface area contributed by atoms with E-state index in [9.17, 15) is 0 Å². The normalized spacial score (nSPS) is 24.4. The van der Waals surface area contributed by atoms with Crippen LogP contribution in [0.1, 0.15) is 54.7 Å². The fourth-order valence-corrected chi connectivity index (χ4v) is 4.01. The molecule has 0 N–H and O–H groups in total. The molecule has 1 aromatic carbocycles. The summed E-state index contributed by atoms with van der Waals surface area (Å²) in [6.07, 6.45) is 11.4. The van der Waals surface area contributed by atoms with Gasteiger partial charge in [0, 0.05) is 6.54 Å². The third-order valence-corrected chi connectivity index (χ3v) is 5.36. The van der Waals surface area contributed by atoms with Gasteiger partial charge in [-0.2, -0.15) is 0 Å². The summed E-state index contributed by atoms with van der Waals surface area (Å²) in [5.41, 5.74) is 4.50. The Morgan fingerprint density at radius 1 is 1.05 bits per heavy atom. The molecule has 0 bridgehead atoms. The highest BCUT2D eigenvalue weighted by molar-refractivity contribution is 5.33. The minimum atomic E-state index is 0.785. The number of benzene rings is 1. The van der Waals surface area contributed by atoms with Crippen LogP contribution in [-0.2, 0) is 0 Å². The van der Waals surface area contributed by atoms with Gasteiger partial charge in [-0.25, -0.2) is 0 Å². The number of rotatable bonds is 3. The van der Waals surface area contributed by atoms with Crippen molar-refractivity contribution in [1.82, 2.24) is 4.90 Å². The molecular formula is C20H29N. The highest BCUT2D eigenvalue weighted by Gasteiger charge is 2.23. The lowest BCUT2D eigenvalue weighted by atomic mass is 9.85. The molecule has 0 aromatic heterocycles. The van der Waals surface area contributed by atoms with Crippen molar-refractivity contribution >= 4 is 0 Å². The second-order valence-corrected chi connectivity index (χ2v) is 7.09. The summed E-state index contributed by atoms with van der Waals surface area (Å²) in [7, 11) is 0. The Bertz CT molecular complexity index is 495. The Kier molecular flexibility index (Phi) is 4.80. The fourth-order valence-electron chi connectivity index (χ4n) is 4.01. The molecule has 0 spiro atoms. The molecule has 1 unspecified atom stereocenters. The maximum atomic E-state index is 2.71. The van der Waals surface area contributed by atoms with E-state index in [0.717, 1.165) is 11.8 Å². The maximum Gasteiger partial charge on any atom is 0.00127 e. The average Bonchev–Trinajstić information content (AvgIpc) is 2.52. The molecule has 0 amide bonds. The summed E-state index contributed by atoms with van der Waals surface area (Å²) in [5, 5.41) is 0. The molecule has 0 saturated carbocycles. The molecule has 1 aliphatic carbocycles. The number of piperidine rings is 1. The van der Waals surface area contributed by atoms with Gasteiger partial charge in [0.1, 0.15) is 0 Å². The summed E-state index contributed by atoms with van der Waals surface area (Å²) in [6.45, 7) is 8.39. The van der Waals surface area contributed by atoms with Gasteiger partial charge in [-0.3, -0.25) is 0 Å². The standard InChI is InChI=1S/C20H29N/c1-16-8-9-17(2)20(14-16)19-10-12-21(13-11-19)15-18-6-4-3-5-7-18/h3-4,8-9,14,18-19H,5-7,10-13,15H2,1-2H3. The van der Waals surface area contributed by atoms with Crippen LogP contribution in [0.25, 0.3) is 0 Å². The van der Waals surface area contributed by atoms with Gasteiger partial charge in [0.25, 0.3) is 0 Å². The number of aryl methyl sites for hydroxylation is 2. The van der Waals surface area contributed by atoms with Gasteiger partial charge in [-0.05, 0) is 82.0 Å². The molecule has 1 heterocycles. The molecule has 114 valence electrons. The van der Waals surface area contributed by atoms with Crippen LogP contribution in [-0.4, -0.2) is 24.5 Å². The number of nitrogens with zero attached hydrogens (tertiary/aromatic N) is 1. The molecule has 21 heavy (non-hydrogen) atoms. The number of likely N-dealkylation sites (tertiary alicyclic amines) is 1. The van der Waals surface area contributed by atoms with Crippen molar-refractivity contribution in [2.45, 2.75) is 51.9 Å². The lowest BCUT2D eigenvalue weighted by Gasteiger charge is -2.35. The van der Waals surface area contributed by atoms with Crippen LogP contribution in [0, 0.1) is 19.8 Å². The monoisotopic (exact) mass is 283 g/mol. The van der Waals surface area contributed by atoms with E-state index in [0.29, 0.717) is 0 Å². The van der Waals surface area contributed by atoms with Crippen molar-refractivity contribution in [1.29, 1.82) is 0 Å². The first-order valence-electron chi connectivity index (χ1n) is 8.67. The van der Waals surface area contributed by atoms with Gasteiger partial charge < -0.3 is 4.90 Å². The molecule has 2 aliphatic rings. The Hall–Kier alpha value is -1.08. The van der Waals surface area contributed by atoms with Crippen LogP contribution in [0.3, 0.4) is 0 Å². The van der Waals surface area contributed by atoms with Crippen molar-refractivity contribution in [3.05, 3.63) is 47.0 Å². The SMILES string of the molecule is Cc1ccc(C)c(C2CCN(CC3CC=CCC3)CC2)c1. The average molecular weight is 283 g/mol. The zero-order valence-corrected chi connectivity index (χ0v) is 13.6. The van der Waals surface area contributed by atoms with Crippen molar-refractivity contribution in [3.8, 4) is 0 Å². The summed E-state index contributed by atoms with van der Waals surface area (Å²) < 4.78 is 0. The van der Waals surface area contributed by atoms with E-state index < -0.39 is 0 Å². The molecule has 1 fully saturated rings. The molecule has 3 rings (SSSR count). The second-order valence-electron chi connectivity index (χ2n) is 7.09. The van der Waals surface area contributed by atoms with E-state index in [1.54, 1.807) is 5.56 Å². The first-order valence-corrected chi connectivity index (χ1v) is 8.67. The minimum Gasteiger partial charge on any atom is -0.303 e. The lowest BCUT2D eigenvalue weighted by molar-refractivity contribution is 0.177. The predicted octanol–water partition coefficient (Wildman–Crippen LogP) is 4.84. The Morgan fingerprint density at radius 3 is 2.57 bits per heavy atom. The molecule has 1 nitrogen and oxygen atoms in total. The molecule has 1 heteroatoms. The molecule has 1 aromatic rings. The summed E-state index contributed by atoms with van der Waals surface area (Å²) in [5.74, 6) is 1.69. The maximum absolute atomic E-state index is 2.71. The third-order valence-electron chi connectivity index (χ3n) is 5.36. The third kappa shape index (κ3) is 3.77. The van der Waals surface area contributed by atoms with E-state index in [2.05, 4.69) is 49.1 Å². The fraction of sp³-hybridized carbons (Fsp3) is 0.600. The van der Waals surface area contributed by atoms with E-state index in [1.165, 1.54) is 62.9 Å². The quantitative estimate of drug-likeness (QED) is 0.718. The Balaban J connectivity index is 1.55. The van der Waals surface area contributed by atoms with E-state index in [-0.39, 0.29) is 0 Å². The van der Waals surface area contributed by atoms with E-state index >= 15 is 0 Å². The van der Waals surface area contributed by atoms with E-state index in [1.807, 2.05) is 0 Å². The number of hydrogen-bond acceptors (Lipinski definition) is 1. The largest absolute Gasteiger partial charge is 0.303 e. The van der Waals surface area contributed by atoms with Gasteiger partial charge in [0.05, 0.1) is 0 Å². The van der Waals surface area contributed by atoms with Crippen LogP contribution < -0.4 is 0 Å². The van der Waals surface area contributed by atoms with Crippen molar-refractivity contribution < 1.29 is 0 Å². The van der Waals surface area contributed by atoms with Crippen LogP contribution in [0.15, 0.2) is 30.4 Å². The highest BCUT2D eigenvalue weighted by atomic mass is 15.1. The Morgan fingerprint density at radius 2 is 1.86 bits per heavy atom. The predicted molar refractivity (Wildman–Crippen MR) is 90.8 cm³/mol. The zero-order valence-electron chi connectivity index (χ0n) is 13.6. The zero-order chi connectivity index (χ0) is 14.7. The first kappa shape index (κ1) is 14.8. The van der Waals surface area contributed by atoms with Gasteiger partial charge in [-0.15, -0.1) is 0 Å². The van der Waals surface area contributed by atoms with Crippen LogP contribution in [0.5, 0.6) is 0 Å². The molecule has 0 radical (unpaired) electrons. The van der Waals surface area contributed by atoms with Crippen LogP contribution in [0.4, 0.5) is 0 Å². The smallest absolute Gasteiger partial charge is 0.00127 e. The molecule has 1 saturated heterocycles. The van der Waals surface area contributed by atoms with Crippen LogP contribution in [0.2, 0.25) is 0 Å². The molecule has 1 atom stereocenters. The van der Waals surface area contributed by atoms with Gasteiger partial charge in [0.15, 0.2) is 0 Å². The van der Waals surface area contributed by atoms with Gasteiger partial charge >= 0.3 is 0 Å². The van der Waals surface area contributed by atoms with E-state index in [4.69, 9.17) is 0 Å². The molecule has 1 aliphatic heterocycles. The van der Waals surface area contributed by atoms with Crippen molar-refractivity contribution in [2.75, 3.05) is 19.6 Å². The van der Waals surface area contributed by atoms with Crippen molar-refractivity contribution in [3.63, 3.8) is 0 Å². The first-order chi connectivity index (χ1) is 10.2.